The van der Waals surface area contributed by atoms with Crippen molar-refractivity contribution in [2.75, 3.05) is 19.6 Å². The van der Waals surface area contributed by atoms with Crippen molar-refractivity contribution in [3.05, 3.63) is 6.33 Å². The fourth-order valence-corrected chi connectivity index (χ4v) is 0.667. The topological polar surface area (TPSA) is 81.6 Å². The number of tetrazole rings is 1. The molecule has 1 rings (SSSR count). The minimum Gasteiger partial charge on any atom is -0.329 e. The molecule has 0 aliphatic carbocycles. The van der Waals surface area contributed by atoms with Gasteiger partial charge in [-0.2, -0.15) is 0 Å². The van der Waals surface area contributed by atoms with E-state index in [0.29, 0.717) is 6.54 Å². The third-order valence-electron chi connectivity index (χ3n) is 1.17. The third kappa shape index (κ3) is 3.06. The van der Waals surface area contributed by atoms with Crippen LogP contribution >= 0.6 is 0 Å². The SMILES string of the molecule is NCCNCCn1[c]nnn1. The fraction of sp³-hybridized carbons (Fsp3) is 0.800. The van der Waals surface area contributed by atoms with Gasteiger partial charge in [0.05, 0.1) is 6.54 Å². The molecule has 0 spiro atoms. The highest BCUT2D eigenvalue weighted by Crippen LogP contribution is 1.72. The van der Waals surface area contributed by atoms with Crippen molar-refractivity contribution in [1.82, 2.24) is 25.5 Å². The van der Waals surface area contributed by atoms with E-state index in [1.165, 1.54) is 0 Å². The minimum absolute atomic E-state index is 0.652. The first-order valence-corrected chi connectivity index (χ1v) is 3.48. The van der Waals surface area contributed by atoms with Gasteiger partial charge in [-0.3, -0.25) is 0 Å². The second-order valence-corrected chi connectivity index (χ2v) is 2.04. The molecule has 1 heterocycles. The van der Waals surface area contributed by atoms with Gasteiger partial charge in [0.1, 0.15) is 0 Å². The second-order valence-electron chi connectivity index (χ2n) is 2.04. The first kappa shape index (κ1) is 8.09. The Labute approximate surface area is 64.8 Å². The summed E-state index contributed by atoms with van der Waals surface area (Å²) in [6.07, 6.45) is 2.59. The van der Waals surface area contributed by atoms with Gasteiger partial charge in [0.25, 0.3) is 0 Å². The Morgan fingerprint density at radius 1 is 1.45 bits per heavy atom. The van der Waals surface area contributed by atoms with E-state index < -0.39 is 0 Å². The molecule has 0 unspecified atom stereocenters. The second kappa shape index (κ2) is 4.75. The maximum absolute atomic E-state index is 5.27. The Hall–Kier alpha value is -1.01. The van der Waals surface area contributed by atoms with Gasteiger partial charge < -0.3 is 11.1 Å². The van der Waals surface area contributed by atoms with Gasteiger partial charge >= 0.3 is 0 Å². The molecule has 3 N–H and O–H groups in total. The molecule has 1 radical (unpaired) electrons. The average Bonchev–Trinajstić information content (AvgIpc) is 2.50. The van der Waals surface area contributed by atoms with Crippen LogP contribution < -0.4 is 11.1 Å². The first-order chi connectivity index (χ1) is 5.43. The summed E-state index contributed by atoms with van der Waals surface area (Å²) in [7, 11) is 0. The van der Waals surface area contributed by atoms with Crippen molar-refractivity contribution in [1.29, 1.82) is 0 Å². The molecule has 0 aromatic carbocycles. The van der Waals surface area contributed by atoms with E-state index in [1.807, 2.05) is 0 Å². The molecule has 0 atom stereocenters. The smallest absolute Gasteiger partial charge is 0.221 e. The molecule has 61 valence electrons. The number of hydrogen-bond donors (Lipinski definition) is 2. The number of aromatic nitrogens is 4. The fourth-order valence-electron chi connectivity index (χ4n) is 0.667. The van der Waals surface area contributed by atoms with Crippen LogP contribution in [0.2, 0.25) is 0 Å². The summed E-state index contributed by atoms with van der Waals surface area (Å²) in [5.74, 6) is 0. The van der Waals surface area contributed by atoms with Gasteiger partial charge in [-0.05, 0) is 10.4 Å². The van der Waals surface area contributed by atoms with E-state index in [0.717, 1.165) is 19.6 Å². The maximum Gasteiger partial charge on any atom is 0.221 e. The van der Waals surface area contributed by atoms with Gasteiger partial charge in [0.2, 0.25) is 6.33 Å². The Bertz CT molecular complexity index is 171. The standard InChI is InChI=1S/C5H11N6/c6-1-2-7-3-4-11-5-8-9-10-11/h7H,1-4,6H2. The molecule has 11 heavy (non-hydrogen) atoms. The minimum atomic E-state index is 0.652. The van der Waals surface area contributed by atoms with E-state index in [-0.39, 0.29) is 0 Å². The molecule has 0 saturated carbocycles. The van der Waals surface area contributed by atoms with Gasteiger partial charge in [0, 0.05) is 19.6 Å². The van der Waals surface area contributed by atoms with Gasteiger partial charge in [-0.25, -0.2) is 4.68 Å². The normalized spacial score (nSPS) is 10.3. The number of rotatable bonds is 5. The average molecular weight is 155 g/mol. The highest BCUT2D eigenvalue weighted by molar-refractivity contribution is 4.49. The van der Waals surface area contributed by atoms with Crippen LogP contribution in [-0.2, 0) is 6.54 Å². The molecule has 0 fully saturated rings. The van der Waals surface area contributed by atoms with E-state index >= 15 is 0 Å². The van der Waals surface area contributed by atoms with Crippen LogP contribution in [0, 0.1) is 6.33 Å². The summed E-state index contributed by atoms with van der Waals surface area (Å²) in [6.45, 7) is 3.02. The summed E-state index contributed by atoms with van der Waals surface area (Å²) in [5, 5.41) is 13.6. The zero-order chi connectivity index (χ0) is 7.94. The van der Waals surface area contributed by atoms with E-state index in [9.17, 15) is 0 Å². The summed E-state index contributed by atoms with van der Waals surface area (Å²) < 4.78 is 1.55. The first-order valence-electron chi connectivity index (χ1n) is 3.48. The lowest BCUT2D eigenvalue weighted by atomic mass is 10.5. The summed E-state index contributed by atoms with van der Waals surface area (Å²) >= 11 is 0. The van der Waals surface area contributed by atoms with Gasteiger partial charge in [0.15, 0.2) is 0 Å². The van der Waals surface area contributed by atoms with Crippen LogP contribution in [0.3, 0.4) is 0 Å². The van der Waals surface area contributed by atoms with Crippen molar-refractivity contribution in [2.45, 2.75) is 6.54 Å². The summed E-state index contributed by atoms with van der Waals surface area (Å²) in [4.78, 5) is 0. The van der Waals surface area contributed by atoms with Crippen LogP contribution in [-0.4, -0.2) is 39.8 Å². The van der Waals surface area contributed by atoms with Crippen molar-refractivity contribution >= 4 is 0 Å². The van der Waals surface area contributed by atoms with Gasteiger partial charge in [-0.1, -0.05) is 0 Å². The lowest BCUT2D eigenvalue weighted by molar-refractivity contribution is 0.541. The van der Waals surface area contributed by atoms with E-state index in [1.54, 1.807) is 4.68 Å². The Morgan fingerprint density at radius 3 is 3.00 bits per heavy atom. The zero-order valence-corrected chi connectivity index (χ0v) is 6.19. The van der Waals surface area contributed by atoms with Crippen LogP contribution in [0.5, 0.6) is 0 Å². The lowest BCUT2D eigenvalue weighted by Crippen LogP contribution is -2.26. The number of nitrogens with two attached hydrogens (primary N) is 1. The molecule has 1 aromatic rings. The lowest BCUT2D eigenvalue weighted by Gasteiger charge is -2.00. The monoisotopic (exact) mass is 155 g/mol. The molecule has 0 aliphatic rings. The molecular weight excluding hydrogens is 144 g/mol. The summed E-state index contributed by atoms with van der Waals surface area (Å²) in [5.41, 5.74) is 5.27. The molecule has 6 heteroatoms. The Kier molecular flexibility index (Phi) is 3.49. The van der Waals surface area contributed by atoms with Crippen molar-refractivity contribution < 1.29 is 0 Å². The van der Waals surface area contributed by atoms with Crippen molar-refractivity contribution in [3.63, 3.8) is 0 Å². The molecular formula is C5H11N6. The molecule has 0 amide bonds. The maximum atomic E-state index is 5.27. The molecule has 0 bridgehead atoms. The molecule has 1 aromatic heterocycles. The molecule has 6 nitrogen and oxygen atoms in total. The van der Waals surface area contributed by atoms with Crippen LogP contribution in [0.1, 0.15) is 0 Å². The van der Waals surface area contributed by atoms with Crippen LogP contribution in [0.15, 0.2) is 0 Å². The predicted octanol–water partition coefficient (Wildman–Crippen LogP) is -1.98. The van der Waals surface area contributed by atoms with Gasteiger partial charge in [-0.15, -0.1) is 5.10 Å². The van der Waals surface area contributed by atoms with Crippen LogP contribution in [0.25, 0.3) is 0 Å². The largest absolute Gasteiger partial charge is 0.329 e. The molecule has 0 saturated heterocycles. The van der Waals surface area contributed by atoms with Crippen molar-refractivity contribution in [2.24, 2.45) is 5.73 Å². The van der Waals surface area contributed by atoms with Crippen LogP contribution in [0.4, 0.5) is 0 Å². The Balaban J connectivity index is 2.04. The number of hydrogen-bond acceptors (Lipinski definition) is 5. The van der Waals surface area contributed by atoms with E-state index in [2.05, 4.69) is 27.2 Å². The van der Waals surface area contributed by atoms with Crippen molar-refractivity contribution in [3.8, 4) is 0 Å². The predicted molar refractivity (Wildman–Crippen MR) is 38.6 cm³/mol. The third-order valence-corrected chi connectivity index (χ3v) is 1.17. The highest BCUT2D eigenvalue weighted by Gasteiger charge is 1.90. The molecule has 0 aliphatic heterocycles. The number of nitrogens with zero attached hydrogens (tertiary/aromatic N) is 4. The summed E-state index contributed by atoms with van der Waals surface area (Å²) in [6, 6.07) is 0. The van der Waals surface area contributed by atoms with E-state index in [4.69, 9.17) is 5.73 Å². The highest BCUT2D eigenvalue weighted by atomic mass is 15.5. The quantitative estimate of drug-likeness (QED) is 0.482. The Morgan fingerprint density at radius 2 is 2.36 bits per heavy atom. The number of nitrogens with one attached hydrogen (secondary N) is 1. The zero-order valence-electron chi connectivity index (χ0n) is 6.19.